The van der Waals surface area contributed by atoms with E-state index in [0.717, 1.165) is 5.57 Å². The van der Waals surface area contributed by atoms with Gasteiger partial charge < -0.3 is 43.7 Å². The van der Waals surface area contributed by atoms with Gasteiger partial charge in [-0.15, -0.1) is 0 Å². The summed E-state index contributed by atoms with van der Waals surface area (Å²) in [6.07, 6.45) is 0.836. The zero-order valence-corrected chi connectivity index (χ0v) is 29.2. The van der Waals surface area contributed by atoms with Crippen molar-refractivity contribution in [1.82, 2.24) is 0 Å². The molecular weight excluding hydrogens is 648 g/mol. The molecule has 50 heavy (non-hydrogen) atoms. The first-order valence-electron chi connectivity index (χ1n) is 18.0. The molecule has 1 aromatic carbocycles. The number of aliphatic carboxylic acids is 1. The van der Waals surface area contributed by atoms with Gasteiger partial charge in [0.15, 0.2) is 12.4 Å². The van der Waals surface area contributed by atoms with E-state index in [1.807, 2.05) is 6.07 Å². The Hall–Kier alpha value is -2.87. The minimum atomic E-state index is -1.57. The van der Waals surface area contributed by atoms with E-state index in [1.165, 1.54) is 14.2 Å². The molecule has 12 nitrogen and oxygen atoms in total. The maximum absolute atomic E-state index is 13.5. The van der Waals surface area contributed by atoms with E-state index in [-0.39, 0.29) is 43.7 Å². The average Bonchev–Trinajstić information content (AvgIpc) is 3.64. The molecule has 6 aliphatic rings. The second kappa shape index (κ2) is 13.0. The molecule has 0 amide bonds. The maximum Gasteiger partial charge on any atom is 0.338 e. The summed E-state index contributed by atoms with van der Waals surface area (Å²) >= 11 is 0. The number of methoxy groups -OCH3 is 2. The molecule has 274 valence electrons. The summed E-state index contributed by atoms with van der Waals surface area (Å²) in [5, 5.41) is 36.0. The van der Waals surface area contributed by atoms with Crippen molar-refractivity contribution in [1.29, 1.82) is 0 Å². The van der Waals surface area contributed by atoms with Crippen molar-refractivity contribution in [3.8, 4) is 0 Å². The third-order valence-corrected chi connectivity index (χ3v) is 13.8. The van der Waals surface area contributed by atoms with Crippen molar-refractivity contribution in [2.24, 2.45) is 28.6 Å². The quantitative estimate of drug-likeness (QED) is 0.266. The van der Waals surface area contributed by atoms with Gasteiger partial charge in [-0.05, 0) is 93.7 Å². The van der Waals surface area contributed by atoms with Gasteiger partial charge >= 0.3 is 17.9 Å². The smallest absolute Gasteiger partial charge is 0.338 e. The van der Waals surface area contributed by atoms with Crippen LogP contribution in [0.1, 0.15) is 82.0 Å². The average molecular weight is 699 g/mol. The second-order valence-electron chi connectivity index (χ2n) is 15.7. The van der Waals surface area contributed by atoms with Gasteiger partial charge in [0.2, 0.25) is 0 Å². The number of carbonyl (C=O) groups excluding carboxylic acids is 2. The molecule has 0 spiro atoms. The highest BCUT2D eigenvalue weighted by Crippen LogP contribution is 2.71. The molecule has 0 aromatic heterocycles. The molecule has 5 fully saturated rings. The fourth-order valence-electron chi connectivity index (χ4n) is 11.3. The van der Waals surface area contributed by atoms with Crippen LogP contribution in [-0.2, 0) is 38.0 Å². The summed E-state index contributed by atoms with van der Waals surface area (Å²) in [4.78, 5) is 38.3. The number of hydrogen-bond donors (Lipinski definition) is 3. The number of carbonyl (C=O) groups is 3. The summed E-state index contributed by atoms with van der Waals surface area (Å²) in [5.74, 6) is -2.66. The molecule has 0 bridgehead atoms. The van der Waals surface area contributed by atoms with Crippen LogP contribution in [0.4, 0.5) is 0 Å². The predicted octanol–water partition coefficient (Wildman–Crippen LogP) is 3.81. The minimum Gasteiger partial charge on any atom is -0.481 e. The van der Waals surface area contributed by atoms with Crippen molar-refractivity contribution >= 4 is 17.9 Å². The highest BCUT2D eigenvalue weighted by Gasteiger charge is 2.73. The van der Waals surface area contributed by atoms with Gasteiger partial charge in [0.05, 0.1) is 34.4 Å². The number of benzene rings is 1. The van der Waals surface area contributed by atoms with Crippen molar-refractivity contribution < 1.29 is 58.1 Å². The Morgan fingerprint density at radius 1 is 0.900 bits per heavy atom. The van der Waals surface area contributed by atoms with E-state index in [2.05, 4.69) is 6.92 Å². The lowest BCUT2D eigenvalue weighted by Gasteiger charge is -2.65. The fraction of sp³-hybridized carbons (Fsp3) is 0.711. The molecular formula is C38H50O12. The second-order valence-corrected chi connectivity index (χ2v) is 15.7. The first-order chi connectivity index (χ1) is 23.8. The van der Waals surface area contributed by atoms with Crippen molar-refractivity contribution in [2.45, 2.75) is 120 Å². The highest BCUT2D eigenvalue weighted by molar-refractivity contribution is 5.89. The SMILES string of the molecule is CO[C@H]1[C@@H](OC(=O)c2ccccc2)[C@@H](C)O[C@@H](O[C@H]2CC[C@]3(C(=O)O)[C@H]4CC[C@]5(C)[C@@H](C6=CC(=O)OC6)CC[C@]5(O)[C@@H]4CC[C@]3(O)C2)[C@@H]1OC. The fourth-order valence-corrected chi connectivity index (χ4v) is 11.3. The standard InChI is InChI=1S/C38H50O12/c1-21-29(50-32(40)22-8-6-5-7-9-22)30(45-3)31(46-4)33(48-21)49-24-10-16-37(34(41)42)26-11-14-35(2)25(23-18-28(39)47-20-23)13-17-38(35,44)27(26)12-15-36(37,43)19-24/h5-9,18,21,24-27,29-31,33,43-44H,10-17,19-20H2,1-4H3,(H,41,42)/t21-,24+,25-,26+,27-,29+,30+,31-,33+,35-,36+,37-,38+/m1/s1. The zero-order chi connectivity index (χ0) is 35.6. The number of rotatable bonds is 8. The highest BCUT2D eigenvalue weighted by atomic mass is 16.7. The van der Waals surface area contributed by atoms with Crippen molar-refractivity contribution in [3.05, 3.63) is 47.5 Å². The molecule has 1 aromatic rings. The lowest BCUT2D eigenvalue weighted by Crippen LogP contribution is -2.70. The number of fused-ring (bicyclic) bond motifs is 5. The van der Waals surface area contributed by atoms with E-state index < -0.39 is 76.7 Å². The maximum atomic E-state index is 13.5. The number of esters is 2. The third kappa shape index (κ3) is 5.27. The van der Waals surface area contributed by atoms with E-state index in [0.29, 0.717) is 44.1 Å². The summed E-state index contributed by atoms with van der Waals surface area (Å²) in [5.41, 5.74) is -3.37. The number of ether oxygens (including phenoxy) is 6. The van der Waals surface area contributed by atoms with Gasteiger partial charge in [-0.1, -0.05) is 25.1 Å². The normalized spacial score (nSPS) is 45.4. The molecule has 3 N–H and O–H groups in total. The summed E-state index contributed by atoms with van der Waals surface area (Å²) in [6, 6.07) is 8.65. The van der Waals surface area contributed by atoms with Gasteiger partial charge in [0.25, 0.3) is 0 Å². The van der Waals surface area contributed by atoms with E-state index in [9.17, 15) is 29.7 Å². The first-order valence-corrected chi connectivity index (χ1v) is 18.0. The summed E-state index contributed by atoms with van der Waals surface area (Å²) in [6.45, 7) is 4.09. The van der Waals surface area contributed by atoms with E-state index in [1.54, 1.807) is 37.3 Å². The van der Waals surface area contributed by atoms with Crippen LogP contribution in [0.3, 0.4) is 0 Å². The largest absolute Gasteiger partial charge is 0.481 e. The van der Waals surface area contributed by atoms with Gasteiger partial charge in [-0.25, -0.2) is 9.59 Å². The van der Waals surface area contributed by atoms with Crippen LogP contribution < -0.4 is 0 Å². The van der Waals surface area contributed by atoms with Crippen LogP contribution in [0, 0.1) is 28.6 Å². The van der Waals surface area contributed by atoms with Crippen molar-refractivity contribution in [3.63, 3.8) is 0 Å². The lowest BCUT2D eigenvalue weighted by atomic mass is 9.41. The third-order valence-electron chi connectivity index (χ3n) is 13.8. The molecule has 0 unspecified atom stereocenters. The van der Waals surface area contributed by atoms with E-state index >= 15 is 0 Å². The Kier molecular flexibility index (Phi) is 9.21. The lowest BCUT2D eigenvalue weighted by molar-refractivity contribution is -0.324. The number of carboxylic acid groups (broad SMARTS) is 1. The minimum absolute atomic E-state index is 0.0189. The molecule has 1 saturated heterocycles. The number of aliphatic hydroxyl groups is 2. The summed E-state index contributed by atoms with van der Waals surface area (Å²) in [7, 11) is 3.00. The Morgan fingerprint density at radius 3 is 2.28 bits per heavy atom. The van der Waals surface area contributed by atoms with Gasteiger partial charge in [-0.3, -0.25) is 4.79 Å². The number of cyclic esters (lactones) is 1. The van der Waals surface area contributed by atoms with Crippen LogP contribution >= 0.6 is 0 Å². The van der Waals surface area contributed by atoms with Crippen LogP contribution in [0.15, 0.2) is 42.0 Å². The molecule has 13 atom stereocenters. The molecule has 0 radical (unpaired) electrons. The van der Waals surface area contributed by atoms with Gasteiger partial charge in [0, 0.05) is 32.1 Å². The molecule has 2 heterocycles. The first kappa shape index (κ1) is 35.5. The molecule has 12 heteroatoms. The Bertz CT molecular complexity index is 1510. The topological polar surface area (TPSA) is 167 Å². The number of carboxylic acids is 1. The molecule has 4 saturated carbocycles. The number of hydrogen-bond acceptors (Lipinski definition) is 11. The monoisotopic (exact) mass is 698 g/mol. The zero-order valence-electron chi connectivity index (χ0n) is 29.2. The van der Waals surface area contributed by atoms with Gasteiger partial charge in [0.1, 0.15) is 18.8 Å². The van der Waals surface area contributed by atoms with Crippen LogP contribution in [0.2, 0.25) is 0 Å². The Labute approximate surface area is 292 Å². The van der Waals surface area contributed by atoms with Crippen LogP contribution in [-0.4, -0.2) is 102 Å². The van der Waals surface area contributed by atoms with Crippen molar-refractivity contribution in [2.75, 3.05) is 20.8 Å². The van der Waals surface area contributed by atoms with Crippen LogP contribution in [0.25, 0.3) is 0 Å². The molecule has 7 rings (SSSR count). The molecule has 2 aliphatic heterocycles. The Morgan fingerprint density at radius 2 is 1.62 bits per heavy atom. The van der Waals surface area contributed by atoms with Gasteiger partial charge in [-0.2, -0.15) is 0 Å². The predicted molar refractivity (Wildman–Crippen MR) is 176 cm³/mol. The summed E-state index contributed by atoms with van der Waals surface area (Å²) < 4.78 is 35.5. The van der Waals surface area contributed by atoms with E-state index in [4.69, 9.17) is 28.4 Å². The Balaban J connectivity index is 1.08. The van der Waals surface area contributed by atoms with Crippen LogP contribution in [0.5, 0.6) is 0 Å². The molecule has 4 aliphatic carbocycles.